The van der Waals surface area contributed by atoms with Crippen LogP contribution in [0.1, 0.15) is 56.9 Å². The second-order valence-electron chi connectivity index (χ2n) is 6.58. The average Bonchev–Trinajstić information content (AvgIpc) is 3.41. The number of nitrogens with one attached hydrogen (secondary N) is 1. The Labute approximate surface area is 160 Å². The molecule has 1 aliphatic heterocycles. The van der Waals surface area contributed by atoms with Crippen LogP contribution in [-0.2, 0) is 0 Å². The van der Waals surface area contributed by atoms with Gasteiger partial charge in [-0.2, -0.15) is 5.10 Å². The van der Waals surface area contributed by atoms with Crippen molar-refractivity contribution in [3.05, 3.63) is 52.6 Å². The smallest absolute Gasteiger partial charge is 0.269 e. The van der Waals surface area contributed by atoms with E-state index in [-0.39, 0.29) is 17.6 Å². The SMILES string of the molecule is Cc1nc(-n2cccc2)sc1C(=O)N1CCCCC1c1cc(C(N)=O)n[nH]1. The summed E-state index contributed by atoms with van der Waals surface area (Å²) < 4.78 is 1.90. The van der Waals surface area contributed by atoms with E-state index in [0.717, 1.165) is 35.8 Å². The van der Waals surface area contributed by atoms with E-state index in [4.69, 9.17) is 5.73 Å². The van der Waals surface area contributed by atoms with E-state index in [1.54, 1.807) is 6.07 Å². The molecule has 0 spiro atoms. The summed E-state index contributed by atoms with van der Waals surface area (Å²) in [6, 6.07) is 5.34. The van der Waals surface area contributed by atoms with E-state index in [1.807, 2.05) is 40.9 Å². The molecule has 8 nitrogen and oxygen atoms in total. The Hall–Kier alpha value is -2.94. The molecule has 3 N–H and O–H groups in total. The third-order valence-electron chi connectivity index (χ3n) is 4.78. The van der Waals surface area contributed by atoms with Gasteiger partial charge < -0.3 is 15.2 Å². The first-order valence-electron chi connectivity index (χ1n) is 8.81. The molecule has 1 atom stereocenters. The number of carbonyl (C=O) groups excluding carboxylic acids is 2. The van der Waals surface area contributed by atoms with E-state index < -0.39 is 5.91 Å². The highest BCUT2D eigenvalue weighted by atomic mass is 32.1. The number of aromatic amines is 1. The predicted octanol–water partition coefficient (Wildman–Crippen LogP) is 2.43. The number of hydrogen-bond donors (Lipinski definition) is 2. The van der Waals surface area contributed by atoms with Crippen LogP contribution in [0.2, 0.25) is 0 Å². The molecule has 0 aliphatic carbocycles. The summed E-state index contributed by atoms with van der Waals surface area (Å²) in [7, 11) is 0. The van der Waals surface area contributed by atoms with Crippen LogP contribution in [0.5, 0.6) is 0 Å². The maximum absolute atomic E-state index is 13.3. The van der Waals surface area contributed by atoms with Crippen molar-refractivity contribution in [1.82, 2.24) is 24.6 Å². The normalized spacial score (nSPS) is 17.2. The molecule has 9 heteroatoms. The number of rotatable bonds is 4. The van der Waals surface area contributed by atoms with Crippen LogP contribution in [0.15, 0.2) is 30.6 Å². The lowest BCUT2D eigenvalue weighted by molar-refractivity contribution is 0.0610. The highest BCUT2D eigenvalue weighted by Gasteiger charge is 2.32. The number of thiazole rings is 1. The Kier molecular flexibility index (Phi) is 4.53. The van der Waals surface area contributed by atoms with Crippen LogP contribution in [-0.4, -0.2) is 43.0 Å². The number of aromatic nitrogens is 4. The van der Waals surface area contributed by atoms with Crippen LogP contribution < -0.4 is 5.73 Å². The van der Waals surface area contributed by atoms with Gasteiger partial charge in [-0.1, -0.05) is 11.3 Å². The van der Waals surface area contributed by atoms with Crippen molar-refractivity contribution < 1.29 is 9.59 Å². The second-order valence-corrected chi connectivity index (χ2v) is 7.56. The van der Waals surface area contributed by atoms with Gasteiger partial charge in [-0.25, -0.2) is 4.98 Å². The number of nitrogens with two attached hydrogens (primary N) is 1. The summed E-state index contributed by atoms with van der Waals surface area (Å²) in [5.74, 6) is -0.621. The lowest BCUT2D eigenvalue weighted by Gasteiger charge is -2.34. The van der Waals surface area contributed by atoms with E-state index >= 15 is 0 Å². The summed E-state index contributed by atoms with van der Waals surface area (Å²) in [6.07, 6.45) is 6.59. The quantitative estimate of drug-likeness (QED) is 0.720. The molecule has 4 rings (SSSR count). The Morgan fingerprint density at radius 1 is 1.30 bits per heavy atom. The van der Waals surface area contributed by atoms with Crippen molar-refractivity contribution in [2.75, 3.05) is 6.54 Å². The molecular formula is C18H20N6O2S. The third kappa shape index (κ3) is 3.25. The second kappa shape index (κ2) is 6.99. The molecule has 140 valence electrons. The van der Waals surface area contributed by atoms with Gasteiger partial charge >= 0.3 is 0 Å². The summed E-state index contributed by atoms with van der Waals surface area (Å²) in [5, 5.41) is 7.61. The van der Waals surface area contributed by atoms with E-state index in [2.05, 4.69) is 15.2 Å². The topological polar surface area (TPSA) is 110 Å². The highest BCUT2D eigenvalue weighted by Crippen LogP contribution is 2.33. The Balaban J connectivity index is 1.63. The molecule has 3 aromatic heterocycles. The average molecular weight is 384 g/mol. The van der Waals surface area contributed by atoms with Crippen LogP contribution in [0.25, 0.3) is 5.13 Å². The van der Waals surface area contributed by atoms with Crippen molar-refractivity contribution in [2.45, 2.75) is 32.2 Å². The summed E-state index contributed by atoms with van der Waals surface area (Å²) in [5.41, 5.74) is 6.95. The molecule has 3 aromatic rings. The van der Waals surface area contributed by atoms with Gasteiger partial charge in [0.2, 0.25) is 0 Å². The lowest BCUT2D eigenvalue weighted by Crippen LogP contribution is -2.38. The Morgan fingerprint density at radius 3 is 2.78 bits per heavy atom. The molecule has 27 heavy (non-hydrogen) atoms. The number of aryl methyl sites for hydroxylation is 1. The maximum Gasteiger partial charge on any atom is 0.269 e. The van der Waals surface area contributed by atoms with Gasteiger partial charge in [-0.3, -0.25) is 14.7 Å². The first-order valence-corrected chi connectivity index (χ1v) is 9.63. The molecule has 0 aromatic carbocycles. The molecular weight excluding hydrogens is 364 g/mol. The highest BCUT2D eigenvalue weighted by molar-refractivity contribution is 7.16. The molecule has 1 saturated heterocycles. The van der Waals surface area contributed by atoms with Gasteiger partial charge in [0.15, 0.2) is 5.13 Å². The minimum atomic E-state index is -0.583. The minimum absolute atomic E-state index is 0.0386. The Bertz CT molecular complexity index is 974. The molecule has 0 bridgehead atoms. The van der Waals surface area contributed by atoms with Crippen molar-refractivity contribution in [3.8, 4) is 5.13 Å². The Morgan fingerprint density at radius 2 is 2.07 bits per heavy atom. The van der Waals surface area contributed by atoms with Gasteiger partial charge in [0.1, 0.15) is 10.6 Å². The van der Waals surface area contributed by atoms with Crippen molar-refractivity contribution in [1.29, 1.82) is 0 Å². The summed E-state index contributed by atoms with van der Waals surface area (Å²) >= 11 is 1.39. The van der Waals surface area contributed by atoms with E-state index in [9.17, 15) is 9.59 Å². The monoisotopic (exact) mass is 384 g/mol. The molecule has 4 heterocycles. The maximum atomic E-state index is 13.3. The number of H-pyrrole nitrogens is 1. The van der Waals surface area contributed by atoms with Crippen LogP contribution >= 0.6 is 11.3 Å². The third-order valence-corrected chi connectivity index (χ3v) is 5.94. The zero-order valence-electron chi connectivity index (χ0n) is 14.9. The predicted molar refractivity (Wildman–Crippen MR) is 101 cm³/mol. The molecule has 1 fully saturated rings. The first kappa shape index (κ1) is 17.5. The molecule has 0 radical (unpaired) electrons. The van der Waals surface area contributed by atoms with Crippen molar-refractivity contribution >= 4 is 23.2 Å². The number of nitrogens with zero attached hydrogens (tertiary/aromatic N) is 4. The molecule has 2 amide bonds. The van der Waals surface area contributed by atoms with Crippen molar-refractivity contribution in [3.63, 3.8) is 0 Å². The molecule has 0 saturated carbocycles. The largest absolute Gasteiger partial charge is 0.364 e. The lowest BCUT2D eigenvalue weighted by atomic mass is 9.98. The van der Waals surface area contributed by atoms with Gasteiger partial charge in [-0.15, -0.1) is 0 Å². The number of primary amides is 1. The van der Waals surface area contributed by atoms with Gasteiger partial charge in [0.05, 0.1) is 17.4 Å². The fourth-order valence-electron chi connectivity index (χ4n) is 3.42. The number of amides is 2. The number of piperidine rings is 1. The minimum Gasteiger partial charge on any atom is -0.364 e. The fraction of sp³-hybridized carbons (Fsp3) is 0.333. The van der Waals surface area contributed by atoms with Gasteiger partial charge in [0.25, 0.3) is 11.8 Å². The molecule has 1 aliphatic rings. The summed E-state index contributed by atoms with van der Waals surface area (Å²) in [4.78, 5) is 31.7. The van der Waals surface area contributed by atoms with Gasteiger partial charge in [-0.05, 0) is 44.4 Å². The fourth-order valence-corrected chi connectivity index (χ4v) is 4.41. The van der Waals surface area contributed by atoms with Crippen LogP contribution in [0, 0.1) is 6.92 Å². The number of hydrogen-bond acceptors (Lipinski definition) is 5. The van der Waals surface area contributed by atoms with Crippen LogP contribution in [0.4, 0.5) is 0 Å². The van der Waals surface area contributed by atoms with Crippen molar-refractivity contribution in [2.24, 2.45) is 5.73 Å². The zero-order chi connectivity index (χ0) is 19.0. The number of carbonyl (C=O) groups is 2. The van der Waals surface area contributed by atoms with Crippen LogP contribution in [0.3, 0.4) is 0 Å². The van der Waals surface area contributed by atoms with E-state index in [0.29, 0.717) is 11.4 Å². The first-order chi connectivity index (χ1) is 13.0. The number of likely N-dealkylation sites (tertiary alicyclic amines) is 1. The van der Waals surface area contributed by atoms with E-state index in [1.165, 1.54) is 11.3 Å². The zero-order valence-corrected chi connectivity index (χ0v) is 15.7. The standard InChI is InChI=1S/C18H20N6O2S/c1-11-15(27-18(20-11)23-7-4-5-8-23)17(26)24-9-3-2-6-14(24)12-10-13(16(19)25)22-21-12/h4-5,7-8,10,14H,2-3,6,9H2,1H3,(H2,19,25)(H,21,22). The summed E-state index contributed by atoms with van der Waals surface area (Å²) in [6.45, 7) is 2.52. The molecule has 1 unspecified atom stereocenters. The van der Waals surface area contributed by atoms with Gasteiger partial charge in [0, 0.05) is 18.9 Å².